The van der Waals surface area contributed by atoms with E-state index in [2.05, 4.69) is 10.4 Å². The molecule has 1 saturated carbocycles. The predicted octanol–water partition coefficient (Wildman–Crippen LogP) is 2.24. The van der Waals surface area contributed by atoms with Crippen molar-refractivity contribution in [3.05, 3.63) is 65.1 Å². The first kappa shape index (κ1) is 18.0. The second-order valence-corrected chi connectivity index (χ2v) is 6.92. The Balaban J connectivity index is 1.70. The molecule has 0 unspecified atom stereocenters. The number of rotatable bonds is 7. The van der Waals surface area contributed by atoms with Crippen LogP contribution in [0.2, 0.25) is 0 Å². The van der Waals surface area contributed by atoms with Crippen LogP contribution in [0.3, 0.4) is 0 Å². The molecule has 2 aromatic carbocycles. The third kappa shape index (κ3) is 3.83. The molecule has 0 aliphatic heterocycles. The van der Waals surface area contributed by atoms with E-state index in [-0.39, 0.29) is 18.1 Å². The monoisotopic (exact) mass is 378 g/mol. The van der Waals surface area contributed by atoms with Gasteiger partial charge in [-0.3, -0.25) is 9.36 Å². The van der Waals surface area contributed by atoms with E-state index in [0.29, 0.717) is 29.7 Å². The summed E-state index contributed by atoms with van der Waals surface area (Å²) in [6, 6.07) is 16.5. The number of amides is 1. The molecular weight excluding hydrogens is 356 g/mol. The fourth-order valence-corrected chi connectivity index (χ4v) is 3.01. The number of carbonyl (C=O) groups excluding carboxylic acids is 1. The van der Waals surface area contributed by atoms with Crippen LogP contribution in [0.4, 0.5) is 0 Å². The SMILES string of the molecule is COc1ccc(-n2nc(-c3ccccc3)n(CC(=O)NCC3CC3)c2=O)cc1. The third-order valence-corrected chi connectivity index (χ3v) is 4.80. The molecule has 4 rings (SSSR count). The first-order valence-electron chi connectivity index (χ1n) is 9.32. The summed E-state index contributed by atoms with van der Waals surface area (Å²) in [5.74, 6) is 1.55. The molecule has 0 atom stereocenters. The molecule has 0 saturated heterocycles. The molecule has 0 bridgehead atoms. The first-order valence-corrected chi connectivity index (χ1v) is 9.32. The van der Waals surface area contributed by atoms with E-state index in [0.717, 1.165) is 18.4 Å². The Kier molecular flexibility index (Phi) is 4.97. The van der Waals surface area contributed by atoms with Crippen molar-refractivity contribution in [1.82, 2.24) is 19.7 Å². The Labute approximate surface area is 162 Å². The average molecular weight is 378 g/mol. The largest absolute Gasteiger partial charge is 0.497 e. The van der Waals surface area contributed by atoms with E-state index in [4.69, 9.17) is 4.74 Å². The summed E-state index contributed by atoms with van der Waals surface area (Å²) in [7, 11) is 1.59. The zero-order valence-electron chi connectivity index (χ0n) is 15.7. The molecular formula is C21H22N4O3. The van der Waals surface area contributed by atoms with Crippen molar-refractivity contribution in [2.24, 2.45) is 5.92 Å². The maximum Gasteiger partial charge on any atom is 0.351 e. The fourth-order valence-electron chi connectivity index (χ4n) is 3.01. The summed E-state index contributed by atoms with van der Waals surface area (Å²) in [6.07, 6.45) is 2.32. The molecule has 1 N–H and O–H groups in total. The van der Waals surface area contributed by atoms with E-state index >= 15 is 0 Å². The van der Waals surface area contributed by atoms with Gasteiger partial charge in [-0.15, -0.1) is 5.10 Å². The summed E-state index contributed by atoms with van der Waals surface area (Å²) in [6.45, 7) is 0.604. The maximum atomic E-state index is 13.1. The van der Waals surface area contributed by atoms with E-state index < -0.39 is 0 Å². The Morgan fingerprint density at radius 2 is 1.86 bits per heavy atom. The highest BCUT2D eigenvalue weighted by Gasteiger charge is 2.23. The van der Waals surface area contributed by atoms with Gasteiger partial charge >= 0.3 is 5.69 Å². The molecule has 0 radical (unpaired) electrons. The van der Waals surface area contributed by atoms with Crippen molar-refractivity contribution in [2.75, 3.05) is 13.7 Å². The molecule has 144 valence electrons. The molecule has 7 nitrogen and oxygen atoms in total. The molecule has 1 aromatic heterocycles. The van der Waals surface area contributed by atoms with Crippen molar-refractivity contribution in [3.8, 4) is 22.8 Å². The molecule has 28 heavy (non-hydrogen) atoms. The number of carbonyl (C=O) groups is 1. The molecule has 7 heteroatoms. The zero-order valence-corrected chi connectivity index (χ0v) is 15.7. The number of hydrogen-bond donors (Lipinski definition) is 1. The highest BCUT2D eigenvalue weighted by molar-refractivity contribution is 5.76. The molecule has 1 aliphatic rings. The van der Waals surface area contributed by atoms with Crippen LogP contribution in [0.1, 0.15) is 12.8 Å². The second-order valence-electron chi connectivity index (χ2n) is 6.92. The van der Waals surface area contributed by atoms with Crippen molar-refractivity contribution in [3.63, 3.8) is 0 Å². The molecule has 1 aliphatic carbocycles. The first-order chi connectivity index (χ1) is 13.7. The van der Waals surface area contributed by atoms with Gasteiger partial charge in [0, 0.05) is 12.1 Å². The number of ether oxygens (including phenoxy) is 1. The fraction of sp³-hybridized carbons (Fsp3) is 0.286. The number of hydrogen-bond acceptors (Lipinski definition) is 4. The minimum atomic E-state index is -0.356. The average Bonchev–Trinajstić information content (AvgIpc) is 3.51. The lowest BCUT2D eigenvalue weighted by atomic mass is 10.2. The number of benzene rings is 2. The smallest absolute Gasteiger partial charge is 0.351 e. The standard InChI is InChI=1S/C21H22N4O3/c1-28-18-11-9-17(10-12-18)25-21(27)24(14-19(26)22-13-15-7-8-15)20(23-25)16-5-3-2-4-6-16/h2-6,9-12,15H,7-8,13-14H2,1H3,(H,22,26). The van der Waals surface area contributed by atoms with Crippen molar-refractivity contribution in [1.29, 1.82) is 0 Å². The lowest BCUT2D eigenvalue weighted by Crippen LogP contribution is -2.34. The predicted molar refractivity (Wildman–Crippen MR) is 106 cm³/mol. The quantitative estimate of drug-likeness (QED) is 0.684. The Morgan fingerprint density at radius 1 is 1.14 bits per heavy atom. The van der Waals surface area contributed by atoms with Gasteiger partial charge in [-0.2, -0.15) is 4.68 Å². The summed E-state index contributed by atoms with van der Waals surface area (Å²) in [5.41, 5.74) is 1.03. The van der Waals surface area contributed by atoms with Crippen molar-refractivity contribution in [2.45, 2.75) is 19.4 Å². The summed E-state index contributed by atoms with van der Waals surface area (Å²) < 4.78 is 7.91. The lowest BCUT2D eigenvalue weighted by Gasteiger charge is -2.06. The van der Waals surface area contributed by atoms with Crippen LogP contribution in [-0.2, 0) is 11.3 Å². The third-order valence-electron chi connectivity index (χ3n) is 4.80. The normalized spacial score (nSPS) is 13.3. The zero-order chi connectivity index (χ0) is 19.5. The van der Waals surface area contributed by atoms with Crippen LogP contribution < -0.4 is 15.7 Å². The van der Waals surface area contributed by atoms with Crippen molar-refractivity contribution >= 4 is 5.91 Å². The van der Waals surface area contributed by atoms with Gasteiger partial charge < -0.3 is 10.1 Å². The second kappa shape index (κ2) is 7.72. The highest BCUT2D eigenvalue weighted by Crippen LogP contribution is 2.27. The number of aromatic nitrogens is 3. The summed E-state index contributed by atoms with van der Waals surface area (Å²) in [4.78, 5) is 25.4. The van der Waals surface area contributed by atoms with Crippen molar-refractivity contribution < 1.29 is 9.53 Å². The van der Waals surface area contributed by atoms with E-state index in [1.807, 2.05) is 30.3 Å². The molecule has 1 heterocycles. The van der Waals surface area contributed by atoms with Crippen LogP contribution in [0, 0.1) is 5.92 Å². The van der Waals surface area contributed by atoms with Gasteiger partial charge in [0.25, 0.3) is 0 Å². The molecule has 1 amide bonds. The number of methoxy groups -OCH3 is 1. The molecule has 1 fully saturated rings. The van der Waals surface area contributed by atoms with Crippen LogP contribution in [0.25, 0.3) is 17.1 Å². The highest BCUT2D eigenvalue weighted by atomic mass is 16.5. The Bertz CT molecular complexity index is 1020. The number of nitrogens with one attached hydrogen (secondary N) is 1. The van der Waals surface area contributed by atoms with Gasteiger partial charge in [-0.25, -0.2) is 4.79 Å². The molecule has 3 aromatic rings. The Hall–Kier alpha value is -3.35. The Morgan fingerprint density at radius 3 is 2.50 bits per heavy atom. The van der Waals surface area contributed by atoms with Crippen LogP contribution in [0.5, 0.6) is 5.75 Å². The van der Waals surface area contributed by atoms with Gasteiger partial charge in [0.1, 0.15) is 12.3 Å². The van der Waals surface area contributed by atoms with E-state index in [1.165, 1.54) is 9.25 Å². The van der Waals surface area contributed by atoms with Gasteiger partial charge in [0.05, 0.1) is 12.8 Å². The van der Waals surface area contributed by atoms with Gasteiger partial charge in [-0.05, 0) is 43.0 Å². The van der Waals surface area contributed by atoms with Gasteiger partial charge in [0.2, 0.25) is 5.91 Å². The topological polar surface area (TPSA) is 78.2 Å². The van der Waals surface area contributed by atoms with E-state index in [1.54, 1.807) is 31.4 Å². The van der Waals surface area contributed by atoms with Crippen LogP contribution in [0.15, 0.2) is 59.4 Å². The minimum absolute atomic E-state index is 0.0636. The van der Waals surface area contributed by atoms with E-state index in [9.17, 15) is 9.59 Å². The van der Waals surface area contributed by atoms with Crippen LogP contribution >= 0.6 is 0 Å². The summed E-state index contributed by atoms with van der Waals surface area (Å²) >= 11 is 0. The lowest BCUT2D eigenvalue weighted by molar-refractivity contribution is -0.121. The minimum Gasteiger partial charge on any atom is -0.497 e. The van der Waals surface area contributed by atoms with Gasteiger partial charge in [0.15, 0.2) is 5.82 Å². The number of nitrogens with zero attached hydrogens (tertiary/aromatic N) is 3. The summed E-state index contributed by atoms with van der Waals surface area (Å²) in [5, 5.41) is 7.42. The maximum absolute atomic E-state index is 13.1. The molecule has 0 spiro atoms. The van der Waals surface area contributed by atoms with Crippen LogP contribution in [-0.4, -0.2) is 33.9 Å². The van der Waals surface area contributed by atoms with Gasteiger partial charge in [-0.1, -0.05) is 30.3 Å².